The third-order valence-corrected chi connectivity index (χ3v) is 3.70. The summed E-state index contributed by atoms with van der Waals surface area (Å²) in [6.07, 6.45) is 0. The van der Waals surface area contributed by atoms with E-state index in [1.807, 2.05) is 6.07 Å². The van der Waals surface area contributed by atoms with E-state index in [2.05, 4.69) is 43.5 Å². The van der Waals surface area contributed by atoms with Crippen LogP contribution < -0.4 is 5.73 Å². The predicted molar refractivity (Wildman–Crippen MR) is 73.5 cm³/mol. The maximum absolute atomic E-state index is 6.19. The minimum atomic E-state index is 0. The van der Waals surface area contributed by atoms with E-state index < -0.39 is 0 Å². The molecule has 2 aromatic rings. The number of hydrogen-bond acceptors (Lipinski definition) is 2. The van der Waals surface area contributed by atoms with Crippen molar-refractivity contribution < 1.29 is 0 Å². The van der Waals surface area contributed by atoms with E-state index in [1.165, 1.54) is 21.6 Å². The van der Waals surface area contributed by atoms with E-state index in [1.54, 1.807) is 11.3 Å². The topological polar surface area (TPSA) is 26.0 Å². The van der Waals surface area contributed by atoms with Gasteiger partial charge >= 0.3 is 0 Å². The van der Waals surface area contributed by atoms with E-state index in [0.717, 1.165) is 0 Å². The molecule has 0 radical (unpaired) electrons. The average molecular weight is 254 g/mol. The van der Waals surface area contributed by atoms with Gasteiger partial charge in [-0.3, -0.25) is 0 Å². The molecule has 0 aliphatic heterocycles. The number of rotatable bonds is 2. The summed E-state index contributed by atoms with van der Waals surface area (Å²) in [6.45, 7) is 4.25. The number of halogens is 1. The van der Waals surface area contributed by atoms with Crippen molar-refractivity contribution in [2.75, 3.05) is 0 Å². The molecule has 0 unspecified atom stereocenters. The van der Waals surface area contributed by atoms with Crippen molar-refractivity contribution in [1.29, 1.82) is 0 Å². The summed E-state index contributed by atoms with van der Waals surface area (Å²) >= 11 is 1.71. The molecule has 16 heavy (non-hydrogen) atoms. The molecule has 0 aliphatic rings. The van der Waals surface area contributed by atoms with Crippen LogP contribution in [0.2, 0.25) is 0 Å². The highest BCUT2D eigenvalue weighted by atomic mass is 35.5. The van der Waals surface area contributed by atoms with Gasteiger partial charge in [-0.2, -0.15) is 0 Å². The Morgan fingerprint density at radius 3 is 2.44 bits per heavy atom. The maximum Gasteiger partial charge on any atom is 0.0646 e. The molecule has 1 aromatic carbocycles. The highest BCUT2D eigenvalue weighted by molar-refractivity contribution is 7.10. The Kier molecular flexibility index (Phi) is 4.54. The molecule has 0 aliphatic carbocycles. The first-order valence-corrected chi connectivity index (χ1v) is 5.92. The van der Waals surface area contributed by atoms with Gasteiger partial charge in [-0.05, 0) is 42.0 Å². The quantitative estimate of drug-likeness (QED) is 0.865. The van der Waals surface area contributed by atoms with Gasteiger partial charge in [-0.15, -0.1) is 23.7 Å². The smallest absolute Gasteiger partial charge is 0.0646 e. The standard InChI is InChI=1S/C13H15NS.ClH/c1-9-5-6-11(8-10(9)2)13(14)12-4-3-7-15-12;/h3-8,13H,14H2,1-2H3;1H/t13-;/m0./s1. The van der Waals surface area contributed by atoms with E-state index in [0.29, 0.717) is 0 Å². The molecular weight excluding hydrogens is 238 g/mol. The molecule has 0 spiro atoms. The first-order valence-electron chi connectivity index (χ1n) is 5.04. The summed E-state index contributed by atoms with van der Waals surface area (Å²) < 4.78 is 0. The lowest BCUT2D eigenvalue weighted by molar-refractivity contribution is 0.890. The minimum absolute atomic E-state index is 0. The van der Waals surface area contributed by atoms with Gasteiger partial charge in [0, 0.05) is 4.88 Å². The molecule has 1 heterocycles. The first kappa shape index (κ1) is 13.2. The van der Waals surface area contributed by atoms with Crippen LogP contribution in [0.5, 0.6) is 0 Å². The second-order valence-corrected chi connectivity index (χ2v) is 4.82. The first-order chi connectivity index (χ1) is 7.18. The van der Waals surface area contributed by atoms with Gasteiger partial charge < -0.3 is 5.73 Å². The Morgan fingerprint density at radius 1 is 1.12 bits per heavy atom. The summed E-state index contributed by atoms with van der Waals surface area (Å²) in [5.41, 5.74) is 10.0. The normalized spacial score (nSPS) is 11.9. The third-order valence-electron chi connectivity index (χ3n) is 2.74. The Hall–Kier alpha value is -0.830. The van der Waals surface area contributed by atoms with Crippen molar-refractivity contribution in [3.8, 4) is 0 Å². The summed E-state index contributed by atoms with van der Waals surface area (Å²) in [7, 11) is 0. The lowest BCUT2D eigenvalue weighted by Crippen LogP contribution is -2.10. The molecule has 3 heteroatoms. The minimum Gasteiger partial charge on any atom is -0.320 e. The summed E-state index contributed by atoms with van der Waals surface area (Å²) in [6, 6.07) is 10.6. The molecule has 0 saturated heterocycles. The maximum atomic E-state index is 6.19. The van der Waals surface area contributed by atoms with Gasteiger partial charge in [0.25, 0.3) is 0 Å². The monoisotopic (exact) mass is 253 g/mol. The Balaban J connectivity index is 0.00000128. The van der Waals surface area contributed by atoms with Crippen molar-refractivity contribution in [2.24, 2.45) is 5.73 Å². The molecule has 1 atom stereocenters. The molecule has 0 amide bonds. The van der Waals surface area contributed by atoms with Crippen LogP contribution in [0.15, 0.2) is 35.7 Å². The zero-order chi connectivity index (χ0) is 10.8. The van der Waals surface area contributed by atoms with Crippen LogP contribution in [-0.4, -0.2) is 0 Å². The van der Waals surface area contributed by atoms with Crippen molar-refractivity contribution in [3.63, 3.8) is 0 Å². The van der Waals surface area contributed by atoms with Crippen LogP contribution >= 0.6 is 23.7 Å². The van der Waals surface area contributed by atoms with Crippen molar-refractivity contribution in [2.45, 2.75) is 19.9 Å². The number of aryl methyl sites for hydroxylation is 2. The van der Waals surface area contributed by atoms with Gasteiger partial charge in [0.05, 0.1) is 6.04 Å². The Morgan fingerprint density at radius 2 is 1.88 bits per heavy atom. The highest BCUT2D eigenvalue weighted by Gasteiger charge is 2.09. The molecule has 2 N–H and O–H groups in total. The lowest BCUT2D eigenvalue weighted by Gasteiger charge is -2.11. The summed E-state index contributed by atoms with van der Waals surface area (Å²) in [4.78, 5) is 1.22. The van der Waals surface area contributed by atoms with E-state index >= 15 is 0 Å². The lowest BCUT2D eigenvalue weighted by atomic mass is 10.0. The van der Waals surface area contributed by atoms with Crippen LogP contribution in [0.25, 0.3) is 0 Å². The molecule has 86 valence electrons. The SMILES string of the molecule is Cc1ccc([C@H](N)c2cccs2)cc1C.Cl. The highest BCUT2D eigenvalue weighted by Crippen LogP contribution is 2.24. The second kappa shape index (κ2) is 5.48. The Labute approximate surface area is 107 Å². The molecule has 2 rings (SSSR count). The molecule has 1 aromatic heterocycles. The fourth-order valence-electron chi connectivity index (χ4n) is 1.59. The second-order valence-electron chi connectivity index (χ2n) is 3.84. The molecule has 0 bridgehead atoms. The zero-order valence-electron chi connectivity index (χ0n) is 9.44. The van der Waals surface area contributed by atoms with Crippen LogP contribution in [0.1, 0.15) is 27.6 Å². The number of benzene rings is 1. The van der Waals surface area contributed by atoms with Crippen molar-refractivity contribution >= 4 is 23.7 Å². The van der Waals surface area contributed by atoms with Crippen LogP contribution in [0.3, 0.4) is 0 Å². The van der Waals surface area contributed by atoms with Gasteiger partial charge in [-0.1, -0.05) is 24.3 Å². The predicted octanol–water partition coefficient (Wildman–Crippen LogP) is 3.83. The number of hydrogen-bond donors (Lipinski definition) is 1. The summed E-state index contributed by atoms with van der Waals surface area (Å²) in [5.74, 6) is 0. The largest absolute Gasteiger partial charge is 0.320 e. The third kappa shape index (κ3) is 2.64. The molecule has 0 fully saturated rings. The van der Waals surface area contributed by atoms with Gasteiger partial charge in [0.1, 0.15) is 0 Å². The van der Waals surface area contributed by atoms with Gasteiger partial charge in [0.2, 0.25) is 0 Å². The van der Waals surface area contributed by atoms with Gasteiger partial charge in [-0.25, -0.2) is 0 Å². The summed E-state index contributed by atoms with van der Waals surface area (Å²) in [5, 5.41) is 2.07. The zero-order valence-corrected chi connectivity index (χ0v) is 11.1. The van der Waals surface area contributed by atoms with E-state index in [4.69, 9.17) is 5.73 Å². The number of thiophene rings is 1. The fraction of sp³-hybridized carbons (Fsp3) is 0.231. The van der Waals surface area contributed by atoms with Crippen molar-refractivity contribution in [3.05, 3.63) is 57.3 Å². The van der Waals surface area contributed by atoms with Gasteiger partial charge in [0.15, 0.2) is 0 Å². The fourth-order valence-corrected chi connectivity index (χ4v) is 2.34. The van der Waals surface area contributed by atoms with Crippen LogP contribution in [0, 0.1) is 13.8 Å². The Bertz CT molecular complexity index is 451. The van der Waals surface area contributed by atoms with E-state index in [9.17, 15) is 0 Å². The molecule has 0 saturated carbocycles. The van der Waals surface area contributed by atoms with Crippen molar-refractivity contribution in [1.82, 2.24) is 0 Å². The van der Waals surface area contributed by atoms with E-state index in [-0.39, 0.29) is 18.4 Å². The van der Waals surface area contributed by atoms with Crippen LogP contribution in [-0.2, 0) is 0 Å². The molecule has 1 nitrogen and oxygen atoms in total. The van der Waals surface area contributed by atoms with Crippen LogP contribution in [0.4, 0.5) is 0 Å². The average Bonchev–Trinajstić information content (AvgIpc) is 2.74. The number of nitrogens with two attached hydrogens (primary N) is 1. The molecular formula is C13H16ClNS.